The fourth-order valence-corrected chi connectivity index (χ4v) is 3.34. The zero-order chi connectivity index (χ0) is 19.5. The Bertz CT molecular complexity index is 580. The molecule has 1 aliphatic heterocycles. The number of hydrogen-bond acceptors (Lipinski definition) is 3. The third-order valence-corrected chi connectivity index (χ3v) is 4.95. The molecule has 27 heavy (non-hydrogen) atoms. The van der Waals surface area contributed by atoms with Crippen molar-refractivity contribution in [3.05, 3.63) is 24.3 Å². The Morgan fingerprint density at radius 1 is 0.926 bits per heavy atom. The minimum Gasteiger partial charge on any atom is -0.368 e. The summed E-state index contributed by atoms with van der Waals surface area (Å²) in [5.41, 5.74) is 1.91. The number of amides is 3. The van der Waals surface area contributed by atoms with Crippen molar-refractivity contribution in [2.75, 3.05) is 42.9 Å². The molecular weight excluding hydrogens is 340 g/mol. The van der Waals surface area contributed by atoms with Crippen molar-refractivity contribution in [3.8, 4) is 0 Å². The van der Waals surface area contributed by atoms with E-state index in [1.807, 2.05) is 36.1 Å². The van der Waals surface area contributed by atoms with Crippen molar-refractivity contribution < 1.29 is 9.59 Å². The van der Waals surface area contributed by atoms with Crippen LogP contribution in [0.3, 0.4) is 0 Å². The Labute approximate surface area is 163 Å². The molecule has 1 fully saturated rings. The molecule has 1 aromatic carbocycles. The van der Waals surface area contributed by atoms with Gasteiger partial charge < -0.3 is 20.4 Å². The molecule has 0 atom stereocenters. The quantitative estimate of drug-likeness (QED) is 0.646. The number of rotatable bonds is 9. The van der Waals surface area contributed by atoms with Gasteiger partial charge in [0.05, 0.1) is 0 Å². The lowest BCUT2D eigenvalue weighted by atomic mass is 10.1. The molecule has 0 aliphatic carbocycles. The molecule has 3 amide bonds. The molecule has 1 saturated heterocycles. The van der Waals surface area contributed by atoms with Crippen LogP contribution >= 0.6 is 0 Å². The molecule has 0 bridgehead atoms. The van der Waals surface area contributed by atoms with Crippen LogP contribution in [0.15, 0.2) is 24.3 Å². The second kappa shape index (κ2) is 11.5. The highest BCUT2D eigenvalue weighted by Gasteiger charge is 2.20. The van der Waals surface area contributed by atoms with E-state index in [2.05, 4.69) is 22.5 Å². The maximum absolute atomic E-state index is 12.3. The van der Waals surface area contributed by atoms with Gasteiger partial charge in [0.1, 0.15) is 0 Å². The Hall–Kier alpha value is -2.24. The van der Waals surface area contributed by atoms with Crippen LogP contribution in [0.2, 0.25) is 0 Å². The summed E-state index contributed by atoms with van der Waals surface area (Å²) in [6.07, 6.45) is 6.60. The van der Waals surface area contributed by atoms with Crippen LogP contribution in [0.5, 0.6) is 0 Å². The molecular formula is C21H34N4O2. The van der Waals surface area contributed by atoms with Crippen molar-refractivity contribution >= 4 is 23.3 Å². The molecule has 2 rings (SSSR count). The average Bonchev–Trinajstić information content (AvgIpc) is 2.68. The molecule has 150 valence electrons. The fraction of sp³-hybridized carbons (Fsp3) is 0.619. The van der Waals surface area contributed by atoms with Gasteiger partial charge in [-0.1, -0.05) is 32.6 Å². The van der Waals surface area contributed by atoms with Crippen LogP contribution < -0.4 is 15.5 Å². The molecule has 0 radical (unpaired) electrons. The molecule has 0 spiro atoms. The van der Waals surface area contributed by atoms with E-state index in [4.69, 9.17) is 0 Å². The van der Waals surface area contributed by atoms with Crippen molar-refractivity contribution in [2.24, 2.45) is 0 Å². The Kier molecular flexibility index (Phi) is 8.95. The summed E-state index contributed by atoms with van der Waals surface area (Å²) >= 11 is 0. The molecule has 0 saturated carbocycles. The standard InChI is InChI=1S/C21H34N4O2/c1-3-5-6-7-8-9-20(26)25-16-14-24(15-17-25)19-12-10-18(11-13-19)23-21(27)22-4-2/h10-13H,3-9,14-17H2,1-2H3,(H2,22,23,27). The van der Waals surface area contributed by atoms with Crippen molar-refractivity contribution in [2.45, 2.75) is 52.4 Å². The summed E-state index contributed by atoms with van der Waals surface area (Å²) in [7, 11) is 0. The van der Waals surface area contributed by atoms with Gasteiger partial charge in [0.15, 0.2) is 0 Å². The molecule has 2 N–H and O–H groups in total. The average molecular weight is 375 g/mol. The number of nitrogens with one attached hydrogen (secondary N) is 2. The Balaban J connectivity index is 1.73. The van der Waals surface area contributed by atoms with E-state index < -0.39 is 0 Å². The lowest BCUT2D eigenvalue weighted by molar-refractivity contribution is -0.131. The van der Waals surface area contributed by atoms with Gasteiger partial charge in [-0.15, -0.1) is 0 Å². The van der Waals surface area contributed by atoms with E-state index in [1.54, 1.807) is 0 Å². The van der Waals surface area contributed by atoms with Gasteiger partial charge >= 0.3 is 6.03 Å². The highest BCUT2D eigenvalue weighted by Crippen LogP contribution is 2.20. The second-order valence-corrected chi connectivity index (χ2v) is 7.06. The molecule has 6 heteroatoms. The summed E-state index contributed by atoms with van der Waals surface area (Å²) in [6, 6.07) is 7.68. The summed E-state index contributed by atoms with van der Waals surface area (Å²) < 4.78 is 0. The molecule has 1 aliphatic rings. The third-order valence-electron chi connectivity index (χ3n) is 4.95. The molecule has 6 nitrogen and oxygen atoms in total. The first-order valence-electron chi connectivity index (χ1n) is 10.3. The minimum atomic E-state index is -0.188. The van der Waals surface area contributed by atoms with Crippen LogP contribution in [0.4, 0.5) is 16.2 Å². The lowest BCUT2D eigenvalue weighted by Crippen LogP contribution is -2.48. The first-order valence-corrected chi connectivity index (χ1v) is 10.3. The zero-order valence-electron chi connectivity index (χ0n) is 16.8. The summed E-state index contributed by atoms with van der Waals surface area (Å²) in [4.78, 5) is 28.2. The number of benzene rings is 1. The molecule has 1 aromatic rings. The van der Waals surface area contributed by atoms with E-state index >= 15 is 0 Å². The van der Waals surface area contributed by atoms with E-state index in [0.29, 0.717) is 18.9 Å². The van der Waals surface area contributed by atoms with E-state index in [-0.39, 0.29) is 6.03 Å². The predicted molar refractivity (Wildman–Crippen MR) is 111 cm³/mol. The van der Waals surface area contributed by atoms with Gasteiger partial charge in [-0.3, -0.25) is 4.79 Å². The van der Waals surface area contributed by atoms with Gasteiger partial charge in [0, 0.05) is 50.5 Å². The first kappa shape index (κ1) is 21.1. The lowest BCUT2D eigenvalue weighted by Gasteiger charge is -2.36. The van der Waals surface area contributed by atoms with Gasteiger partial charge in [-0.25, -0.2) is 4.79 Å². The van der Waals surface area contributed by atoms with Crippen LogP contribution in [0, 0.1) is 0 Å². The number of anilines is 2. The predicted octanol–water partition coefficient (Wildman–Crippen LogP) is 3.84. The maximum atomic E-state index is 12.3. The second-order valence-electron chi connectivity index (χ2n) is 7.06. The number of carbonyl (C=O) groups is 2. The number of hydrogen-bond donors (Lipinski definition) is 2. The molecule has 1 heterocycles. The van der Waals surface area contributed by atoms with Gasteiger partial charge in [-0.05, 0) is 37.6 Å². The number of nitrogens with zero attached hydrogens (tertiary/aromatic N) is 2. The smallest absolute Gasteiger partial charge is 0.319 e. The number of piperazine rings is 1. The molecule has 0 aromatic heterocycles. The van der Waals surface area contributed by atoms with Crippen LogP contribution in [-0.2, 0) is 4.79 Å². The van der Waals surface area contributed by atoms with E-state index in [1.165, 1.54) is 19.3 Å². The van der Waals surface area contributed by atoms with Crippen molar-refractivity contribution in [3.63, 3.8) is 0 Å². The summed E-state index contributed by atoms with van der Waals surface area (Å²) in [6.45, 7) is 7.97. The van der Waals surface area contributed by atoms with E-state index in [0.717, 1.165) is 50.4 Å². The van der Waals surface area contributed by atoms with E-state index in [9.17, 15) is 9.59 Å². The fourth-order valence-electron chi connectivity index (χ4n) is 3.34. The van der Waals surface area contributed by atoms with Gasteiger partial charge in [0.2, 0.25) is 5.91 Å². The highest BCUT2D eigenvalue weighted by atomic mass is 16.2. The topological polar surface area (TPSA) is 64.7 Å². The maximum Gasteiger partial charge on any atom is 0.319 e. The summed E-state index contributed by atoms with van der Waals surface area (Å²) in [5.74, 6) is 0.299. The number of unbranched alkanes of at least 4 members (excludes halogenated alkanes) is 4. The van der Waals surface area contributed by atoms with Crippen molar-refractivity contribution in [1.82, 2.24) is 10.2 Å². The largest absolute Gasteiger partial charge is 0.368 e. The van der Waals surface area contributed by atoms with Crippen LogP contribution in [0.1, 0.15) is 52.4 Å². The van der Waals surface area contributed by atoms with Gasteiger partial charge in [0.25, 0.3) is 0 Å². The Morgan fingerprint density at radius 3 is 2.22 bits per heavy atom. The minimum absolute atomic E-state index is 0.188. The monoisotopic (exact) mass is 374 g/mol. The van der Waals surface area contributed by atoms with Crippen LogP contribution in [0.25, 0.3) is 0 Å². The SMILES string of the molecule is CCCCCCCC(=O)N1CCN(c2ccc(NC(=O)NCC)cc2)CC1. The number of urea groups is 1. The third kappa shape index (κ3) is 7.12. The Morgan fingerprint density at radius 2 is 1.59 bits per heavy atom. The normalized spacial score (nSPS) is 14.1. The van der Waals surface area contributed by atoms with Crippen molar-refractivity contribution in [1.29, 1.82) is 0 Å². The van der Waals surface area contributed by atoms with Gasteiger partial charge in [-0.2, -0.15) is 0 Å². The number of carbonyl (C=O) groups excluding carboxylic acids is 2. The first-order chi connectivity index (χ1) is 13.1. The molecule has 0 unspecified atom stereocenters. The summed E-state index contributed by atoms with van der Waals surface area (Å²) in [5, 5.41) is 5.52. The van der Waals surface area contributed by atoms with Crippen LogP contribution in [-0.4, -0.2) is 49.6 Å². The highest BCUT2D eigenvalue weighted by molar-refractivity contribution is 5.89. The zero-order valence-corrected chi connectivity index (χ0v) is 16.8.